The summed E-state index contributed by atoms with van der Waals surface area (Å²) in [7, 11) is 0. The number of halogens is 4. The molecule has 0 bridgehead atoms. The molecule has 1 amide bonds. The average molecular weight is 632 g/mol. The van der Waals surface area contributed by atoms with E-state index in [1.807, 2.05) is 32.9 Å². The van der Waals surface area contributed by atoms with Crippen molar-refractivity contribution in [3.63, 3.8) is 0 Å². The van der Waals surface area contributed by atoms with Gasteiger partial charge in [0.05, 0.1) is 0 Å². The Bertz CT molecular complexity index is 782. The first kappa shape index (κ1) is 24.5. The molecule has 0 aliphatic carbocycles. The van der Waals surface area contributed by atoms with Crippen LogP contribution in [0.15, 0.2) is 42.7 Å². The minimum absolute atomic E-state index is 0.386. The summed E-state index contributed by atoms with van der Waals surface area (Å²) in [6, 6.07) is 3.73. The summed E-state index contributed by atoms with van der Waals surface area (Å²) in [6.07, 6.45) is 2.97. The predicted molar refractivity (Wildman–Crippen MR) is 120 cm³/mol. The quantitative estimate of drug-likeness (QED) is 0.425. The van der Waals surface area contributed by atoms with Crippen molar-refractivity contribution in [3.8, 4) is 0 Å². The molecule has 0 saturated carbocycles. The van der Waals surface area contributed by atoms with Gasteiger partial charge in [-0.3, -0.25) is 0 Å². The van der Waals surface area contributed by atoms with Crippen molar-refractivity contribution in [2.45, 2.75) is 39.5 Å². The molecule has 0 spiro atoms. The summed E-state index contributed by atoms with van der Waals surface area (Å²) in [6.45, 7) is 6.39. The molecule has 0 unspecified atom stereocenters. The maximum Gasteiger partial charge on any atom is 0.407 e. The number of rotatable bonds is 3. The van der Waals surface area contributed by atoms with E-state index >= 15 is 0 Å². The molecule has 27 heavy (non-hydrogen) atoms. The molecule has 3 N–H and O–H groups in total. The molecule has 0 saturated heterocycles. The number of carbonyl (C=O) groups excluding carboxylic acids is 1. The number of hydrogen-bond acceptors (Lipinski definition) is 5. The van der Waals surface area contributed by atoms with E-state index in [0.29, 0.717) is 13.1 Å². The van der Waals surface area contributed by atoms with Crippen LogP contribution in [0.5, 0.6) is 0 Å². The van der Waals surface area contributed by atoms with Crippen LogP contribution in [0.2, 0.25) is 0 Å². The second-order valence-corrected chi connectivity index (χ2v) is 9.59. The fraction of sp³-hybridized carbons (Fsp3) is 0.353. The monoisotopic (exact) mass is 628 g/mol. The summed E-state index contributed by atoms with van der Waals surface area (Å²) in [5.74, 6) is 0. The summed E-state index contributed by atoms with van der Waals surface area (Å²) in [5.41, 5.74) is 6.94. The number of hydrogen-bond donors (Lipinski definition) is 2. The standard InChI is InChI=1S/C11H14Br2N2O2.C6H6Br2N2/c1-11(2,3)17-10(16)15-5-7-4-9(13)14-6-8(7)12;7-5-3-10-6(8)1-4(5)2-9/h4,6H,5H2,1-3H3,(H,15,16);1,3H,2,9H2. The Morgan fingerprint density at radius 3 is 1.96 bits per heavy atom. The molecule has 10 heteroatoms. The van der Waals surface area contributed by atoms with E-state index in [4.69, 9.17) is 10.5 Å². The Labute approximate surface area is 192 Å². The van der Waals surface area contributed by atoms with Gasteiger partial charge in [-0.1, -0.05) is 0 Å². The van der Waals surface area contributed by atoms with Crippen molar-refractivity contribution in [1.29, 1.82) is 0 Å². The number of carbonyl (C=O) groups is 1. The summed E-state index contributed by atoms with van der Waals surface area (Å²) < 4.78 is 8.48. The molecule has 0 radical (unpaired) electrons. The molecule has 6 nitrogen and oxygen atoms in total. The smallest absolute Gasteiger partial charge is 0.407 e. The highest BCUT2D eigenvalue weighted by Gasteiger charge is 2.16. The van der Waals surface area contributed by atoms with Crippen LogP contribution in [0.1, 0.15) is 31.9 Å². The van der Waals surface area contributed by atoms with E-state index < -0.39 is 11.7 Å². The molecule has 0 atom stereocenters. The summed E-state index contributed by atoms with van der Waals surface area (Å²) >= 11 is 13.2. The fourth-order valence-corrected chi connectivity index (χ4v) is 3.17. The van der Waals surface area contributed by atoms with Crippen molar-refractivity contribution in [2.75, 3.05) is 0 Å². The van der Waals surface area contributed by atoms with Gasteiger partial charge >= 0.3 is 6.09 Å². The van der Waals surface area contributed by atoms with Crippen molar-refractivity contribution < 1.29 is 9.53 Å². The number of alkyl carbamates (subject to hydrolysis) is 1. The van der Waals surface area contributed by atoms with Gasteiger partial charge in [0.1, 0.15) is 14.8 Å². The van der Waals surface area contributed by atoms with Crippen LogP contribution in [0.4, 0.5) is 4.79 Å². The Hall–Kier alpha value is -0.550. The summed E-state index contributed by atoms with van der Waals surface area (Å²) in [4.78, 5) is 19.5. The van der Waals surface area contributed by atoms with Gasteiger partial charge < -0.3 is 15.8 Å². The van der Waals surface area contributed by atoms with Gasteiger partial charge in [0.15, 0.2) is 0 Å². The minimum atomic E-state index is -0.486. The highest BCUT2D eigenvalue weighted by Crippen LogP contribution is 2.19. The lowest BCUT2D eigenvalue weighted by Crippen LogP contribution is -2.32. The zero-order chi connectivity index (χ0) is 20.6. The number of ether oxygens (including phenoxy) is 1. The van der Waals surface area contributed by atoms with Crippen LogP contribution in [0, 0.1) is 0 Å². The number of nitrogens with one attached hydrogen (secondary N) is 1. The van der Waals surface area contributed by atoms with Crippen LogP contribution in [0.25, 0.3) is 0 Å². The lowest BCUT2D eigenvalue weighted by Gasteiger charge is -2.19. The number of nitrogens with zero attached hydrogens (tertiary/aromatic N) is 2. The molecule has 2 aromatic heterocycles. The van der Waals surface area contributed by atoms with Gasteiger partial charge in [-0.05, 0) is 108 Å². The van der Waals surface area contributed by atoms with Gasteiger partial charge in [0.25, 0.3) is 0 Å². The third-order valence-corrected chi connectivity index (χ3v) is 5.14. The number of amides is 1. The molecular weight excluding hydrogens is 612 g/mol. The maximum absolute atomic E-state index is 11.5. The van der Waals surface area contributed by atoms with E-state index in [2.05, 4.69) is 79.0 Å². The molecular formula is C17H20Br4N4O2. The molecule has 0 fully saturated rings. The van der Waals surface area contributed by atoms with Gasteiger partial charge in [-0.25, -0.2) is 14.8 Å². The van der Waals surface area contributed by atoms with Crippen LogP contribution < -0.4 is 11.1 Å². The normalized spacial score (nSPS) is 10.7. The van der Waals surface area contributed by atoms with E-state index in [0.717, 1.165) is 29.3 Å². The van der Waals surface area contributed by atoms with Crippen LogP contribution in [-0.4, -0.2) is 21.7 Å². The average Bonchev–Trinajstić information content (AvgIpc) is 2.57. The molecule has 2 aromatic rings. The number of aromatic nitrogens is 2. The van der Waals surface area contributed by atoms with Crippen molar-refractivity contribution in [1.82, 2.24) is 15.3 Å². The van der Waals surface area contributed by atoms with E-state index in [-0.39, 0.29) is 0 Å². The third kappa shape index (κ3) is 9.98. The first-order chi connectivity index (χ1) is 12.5. The third-order valence-electron chi connectivity index (χ3n) is 2.84. The van der Waals surface area contributed by atoms with E-state index in [9.17, 15) is 4.79 Å². The second-order valence-electron chi connectivity index (χ2n) is 6.26. The predicted octanol–water partition coefficient (Wildman–Crippen LogP) is 5.70. The molecule has 2 rings (SSSR count). The Kier molecular flexibility index (Phi) is 10.4. The number of pyridine rings is 2. The molecule has 2 heterocycles. The Balaban J connectivity index is 0.000000309. The topological polar surface area (TPSA) is 90.1 Å². The summed E-state index contributed by atoms with van der Waals surface area (Å²) in [5, 5.41) is 2.68. The van der Waals surface area contributed by atoms with Gasteiger partial charge in [-0.15, -0.1) is 0 Å². The zero-order valence-electron chi connectivity index (χ0n) is 15.0. The highest BCUT2D eigenvalue weighted by molar-refractivity contribution is 9.11. The minimum Gasteiger partial charge on any atom is -0.444 e. The van der Waals surface area contributed by atoms with Crippen LogP contribution in [-0.2, 0) is 17.8 Å². The van der Waals surface area contributed by atoms with Gasteiger partial charge in [-0.2, -0.15) is 0 Å². The van der Waals surface area contributed by atoms with E-state index in [1.165, 1.54) is 0 Å². The Morgan fingerprint density at radius 1 is 1.04 bits per heavy atom. The van der Waals surface area contributed by atoms with Gasteiger partial charge in [0, 0.05) is 34.4 Å². The van der Waals surface area contributed by atoms with Crippen LogP contribution >= 0.6 is 63.7 Å². The van der Waals surface area contributed by atoms with E-state index in [1.54, 1.807) is 12.4 Å². The van der Waals surface area contributed by atoms with Gasteiger partial charge in [0.2, 0.25) is 0 Å². The lowest BCUT2D eigenvalue weighted by atomic mass is 10.2. The SMILES string of the molecule is CC(C)(C)OC(=O)NCc1cc(Br)ncc1Br.NCc1cc(Br)ncc1Br. The highest BCUT2D eigenvalue weighted by atomic mass is 79.9. The second kappa shape index (κ2) is 11.5. The Morgan fingerprint density at radius 2 is 1.52 bits per heavy atom. The molecule has 0 aliphatic heterocycles. The molecule has 0 aliphatic rings. The lowest BCUT2D eigenvalue weighted by molar-refractivity contribution is 0.0523. The van der Waals surface area contributed by atoms with Crippen molar-refractivity contribution in [3.05, 3.63) is 53.8 Å². The largest absolute Gasteiger partial charge is 0.444 e. The first-order valence-corrected chi connectivity index (χ1v) is 11.0. The van der Waals surface area contributed by atoms with Crippen molar-refractivity contribution in [2.24, 2.45) is 5.73 Å². The van der Waals surface area contributed by atoms with Crippen molar-refractivity contribution >= 4 is 69.8 Å². The fourth-order valence-electron chi connectivity index (χ4n) is 1.68. The first-order valence-electron chi connectivity index (χ1n) is 7.78. The van der Waals surface area contributed by atoms with Crippen LogP contribution in [0.3, 0.4) is 0 Å². The molecule has 148 valence electrons. The molecule has 0 aromatic carbocycles. The number of nitrogens with two attached hydrogens (primary N) is 1. The maximum atomic E-state index is 11.5. The zero-order valence-corrected chi connectivity index (χ0v) is 21.4.